The Morgan fingerprint density at radius 3 is 2.72 bits per heavy atom. The molecule has 0 radical (unpaired) electrons. The number of nitrogens with zero attached hydrogens (tertiary/aromatic N) is 1. The van der Waals surface area contributed by atoms with E-state index in [4.69, 9.17) is 11.6 Å². The molecule has 2 rings (SSSR count). The SMILES string of the molecule is C=CN1CCC(C=C(CCl)c2ccccc2)C1=O. The number of carbonyl (C=O) groups excluding carboxylic acids is 1. The summed E-state index contributed by atoms with van der Waals surface area (Å²) in [6, 6.07) is 9.94. The number of halogens is 1. The van der Waals surface area contributed by atoms with Gasteiger partial charge in [-0.25, -0.2) is 0 Å². The number of allylic oxidation sites excluding steroid dienone is 1. The van der Waals surface area contributed by atoms with Crippen molar-refractivity contribution in [3.8, 4) is 0 Å². The third-order valence-corrected chi connectivity index (χ3v) is 3.48. The largest absolute Gasteiger partial charge is 0.319 e. The fourth-order valence-corrected chi connectivity index (χ4v) is 2.42. The van der Waals surface area contributed by atoms with Crippen LogP contribution in [0.1, 0.15) is 12.0 Å². The first-order valence-electron chi connectivity index (χ1n) is 6.01. The van der Waals surface area contributed by atoms with E-state index < -0.39 is 0 Å². The lowest BCUT2D eigenvalue weighted by Gasteiger charge is -2.10. The number of amides is 1. The smallest absolute Gasteiger partial charge is 0.233 e. The molecule has 1 aliphatic heterocycles. The van der Waals surface area contributed by atoms with Crippen molar-refractivity contribution in [2.45, 2.75) is 6.42 Å². The van der Waals surface area contributed by atoms with E-state index in [1.54, 1.807) is 11.1 Å². The monoisotopic (exact) mass is 261 g/mol. The Labute approximate surface area is 113 Å². The molecule has 1 heterocycles. The summed E-state index contributed by atoms with van der Waals surface area (Å²) in [5, 5.41) is 0. The third-order valence-electron chi connectivity index (χ3n) is 3.19. The second kappa shape index (κ2) is 5.87. The normalized spacial score (nSPS) is 20.3. The Kier molecular flexibility index (Phi) is 4.21. The highest BCUT2D eigenvalue weighted by molar-refractivity contribution is 6.23. The molecule has 1 amide bonds. The van der Waals surface area contributed by atoms with E-state index in [1.807, 2.05) is 36.4 Å². The van der Waals surface area contributed by atoms with Gasteiger partial charge in [0.2, 0.25) is 5.91 Å². The minimum Gasteiger partial charge on any atom is -0.319 e. The number of carbonyl (C=O) groups is 1. The molecule has 0 bridgehead atoms. The van der Waals surface area contributed by atoms with E-state index in [2.05, 4.69) is 6.58 Å². The molecule has 1 aromatic carbocycles. The predicted octanol–water partition coefficient (Wildman–Crippen LogP) is 3.30. The van der Waals surface area contributed by atoms with Crippen molar-refractivity contribution in [1.29, 1.82) is 0 Å². The topological polar surface area (TPSA) is 20.3 Å². The fourth-order valence-electron chi connectivity index (χ4n) is 2.17. The van der Waals surface area contributed by atoms with Crippen LogP contribution in [0.2, 0.25) is 0 Å². The number of rotatable bonds is 4. The van der Waals surface area contributed by atoms with Gasteiger partial charge in [-0.15, -0.1) is 11.6 Å². The number of likely N-dealkylation sites (tertiary alicyclic amines) is 1. The molecule has 3 heteroatoms. The second-order valence-electron chi connectivity index (χ2n) is 4.30. The molecule has 1 aliphatic rings. The van der Waals surface area contributed by atoms with E-state index in [1.165, 1.54) is 0 Å². The van der Waals surface area contributed by atoms with Crippen LogP contribution in [0.5, 0.6) is 0 Å². The molecule has 1 aromatic rings. The zero-order chi connectivity index (χ0) is 13.0. The highest BCUT2D eigenvalue weighted by atomic mass is 35.5. The Bertz CT molecular complexity index is 467. The summed E-state index contributed by atoms with van der Waals surface area (Å²) in [5.41, 5.74) is 2.10. The molecule has 0 spiro atoms. The van der Waals surface area contributed by atoms with Crippen LogP contribution in [0.3, 0.4) is 0 Å². The van der Waals surface area contributed by atoms with Gasteiger partial charge in [0.25, 0.3) is 0 Å². The highest BCUT2D eigenvalue weighted by Crippen LogP contribution is 2.25. The minimum absolute atomic E-state index is 0.0723. The van der Waals surface area contributed by atoms with E-state index in [0.717, 1.165) is 24.1 Å². The molecule has 2 nitrogen and oxygen atoms in total. The van der Waals surface area contributed by atoms with Crippen molar-refractivity contribution >= 4 is 23.1 Å². The summed E-state index contributed by atoms with van der Waals surface area (Å²) >= 11 is 5.99. The van der Waals surface area contributed by atoms with Crippen LogP contribution >= 0.6 is 11.6 Å². The lowest BCUT2D eigenvalue weighted by Crippen LogP contribution is -2.20. The summed E-state index contributed by atoms with van der Waals surface area (Å²) in [5.74, 6) is 0.461. The first-order valence-corrected chi connectivity index (χ1v) is 6.55. The van der Waals surface area contributed by atoms with Crippen LogP contribution < -0.4 is 0 Å². The number of hydrogen-bond acceptors (Lipinski definition) is 1. The second-order valence-corrected chi connectivity index (χ2v) is 4.57. The van der Waals surface area contributed by atoms with Crippen molar-refractivity contribution in [3.63, 3.8) is 0 Å². The summed E-state index contributed by atoms with van der Waals surface area (Å²) in [4.78, 5) is 13.7. The quantitative estimate of drug-likeness (QED) is 0.762. The minimum atomic E-state index is -0.0723. The van der Waals surface area contributed by atoms with Gasteiger partial charge in [0.1, 0.15) is 0 Å². The van der Waals surface area contributed by atoms with Crippen LogP contribution in [0, 0.1) is 5.92 Å². The molecule has 1 fully saturated rings. The van der Waals surface area contributed by atoms with Gasteiger partial charge in [-0.2, -0.15) is 0 Å². The Hall–Kier alpha value is -1.54. The first-order chi connectivity index (χ1) is 8.76. The van der Waals surface area contributed by atoms with Crippen LogP contribution in [0.25, 0.3) is 5.57 Å². The molecule has 1 unspecified atom stereocenters. The van der Waals surface area contributed by atoms with Gasteiger partial charge in [0, 0.05) is 12.4 Å². The molecular formula is C15H16ClNO. The Morgan fingerprint density at radius 1 is 1.44 bits per heavy atom. The molecule has 0 aromatic heterocycles. The maximum absolute atomic E-state index is 12.0. The summed E-state index contributed by atoms with van der Waals surface area (Å²) in [6.07, 6.45) is 4.42. The zero-order valence-corrected chi connectivity index (χ0v) is 10.9. The number of alkyl halides is 1. The summed E-state index contributed by atoms with van der Waals surface area (Å²) in [6.45, 7) is 4.39. The average molecular weight is 262 g/mol. The third kappa shape index (κ3) is 2.65. The summed E-state index contributed by atoms with van der Waals surface area (Å²) in [7, 11) is 0. The number of benzene rings is 1. The van der Waals surface area contributed by atoms with Crippen LogP contribution in [0.15, 0.2) is 49.2 Å². The zero-order valence-electron chi connectivity index (χ0n) is 10.2. The van der Waals surface area contributed by atoms with Crippen LogP contribution in [-0.4, -0.2) is 23.2 Å². The molecular weight excluding hydrogens is 246 g/mol. The van der Waals surface area contributed by atoms with Crippen molar-refractivity contribution in [2.75, 3.05) is 12.4 Å². The van der Waals surface area contributed by atoms with E-state index in [0.29, 0.717) is 5.88 Å². The van der Waals surface area contributed by atoms with Crippen LogP contribution in [-0.2, 0) is 4.79 Å². The highest BCUT2D eigenvalue weighted by Gasteiger charge is 2.28. The van der Waals surface area contributed by atoms with Crippen molar-refractivity contribution in [3.05, 3.63) is 54.8 Å². The van der Waals surface area contributed by atoms with Gasteiger partial charge in [-0.1, -0.05) is 43.0 Å². The fraction of sp³-hybridized carbons (Fsp3) is 0.267. The molecule has 1 atom stereocenters. The lowest BCUT2D eigenvalue weighted by molar-refractivity contribution is -0.127. The van der Waals surface area contributed by atoms with Crippen molar-refractivity contribution in [2.24, 2.45) is 5.92 Å². The van der Waals surface area contributed by atoms with Crippen molar-refractivity contribution < 1.29 is 4.79 Å². The maximum Gasteiger partial charge on any atom is 0.233 e. The molecule has 0 N–H and O–H groups in total. The maximum atomic E-state index is 12.0. The number of hydrogen-bond donors (Lipinski definition) is 0. The molecule has 94 valence electrons. The van der Waals surface area contributed by atoms with Gasteiger partial charge >= 0.3 is 0 Å². The lowest BCUT2D eigenvalue weighted by atomic mass is 10.00. The van der Waals surface area contributed by atoms with Gasteiger partial charge < -0.3 is 4.90 Å². The van der Waals surface area contributed by atoms with Gasteiger partial charge in [-0.05, 0) is 23.8 Å². The molecule has 0 aliphatic carbocycles. The van der Waals surface area contributed by atoms with E-state index >= 15 is 0 Å². The molecule has 1 saturated heterocycles. The van der Waals surface area contributed by atoms with Gasteiger partial charge in [-0.3, -0.25) is 4.79 Å². The average Bonchev–Trinajstić information content (AvgIpc) is 2.77. The Balaban J connectivity index is 2.21. The predicted molar refractivity (Wildman–Crippen MR) is 75.2 cm³/mol. The van der Waals surface area contributed by atoms with Gasteiger partial charge in [0.05, 0.1) is 5.92 Å². The van der Waals surface area contributed by atoms with Crippen molar-refractivity contribution in [1.82, 2.24) is 4.90 Å². The van der Waals surface area contributed by atoms with Gasteiger partial charge in [0.15, 0.2) is 0 Å². The summed E-state index contributed by atoms with van der Waals surface area (Å²) < 4.78 is 0. The van der Waals surface area contributed by atoms with E-state index in [-0.39, 0.29) is 11.8 Å². The standard InChI is InChI=1S/C15H16ClNO/c1-2-17-9-8-13(15(17)18)10-14(11-16)12-6-4-3-5-7-12/h2-7,10,13H,1,8-9,11H2. The van der Waals surface area contributed by atoms with E-state index in [9.17, 15) is 4.79 Å². The molecule has 18 heavy (non-hydrogen) atoms. The van der Waals surface area contributed by atoms with Crippen LogP contribution in [0.4, 0.5) is 0 Å². The molecule has 0 saturated carbocycles. The Morgan fingerprint density at radius 2 is 2.17 bits per heavy atom. The first kappa shape index (κ1) is 12.9.